The fourth-order valence-corrected chi connectivity index (χ4v) is 2.85. The molecule has 2 amide bonds. The number of nitrogens with one attached hydrogen (secondary N) is 1. The summed E-state index contributed by atoms with van der Waals surface area (Å²) in [7, 11) is 0. The molecule has 1 aliphatic carbocycles. The number of phenolic OH excluding ortho intramolecular Hbond substituents is 1. The molecule has 0 spiro atoms. The van der Waals surface area contributed by atoms with Crippen LogP contribution in [0.5, 0.6) is 5.75 Å². The molecule has 4 heteroatoms. The Kier molecular flexibility index (Phi) is 5.67. The lowest BCUT2D eigenvalue weighted by molar-refractivity contribution is 0.151. The Hall–Kier alpha value is -1.97. The van der Waals surface area contributed by atoms with E-state index in [1.165, 1.54) is 6.42 Å². The van der Waals surface area contributed by atoms with Crippen LogP contribution in [0.3, 0.4) is 0 Å². The fourth-order valence-electron chi connectivity index (χ4n) is 2.85. The van der Waals surface area contributed by atoms with Crippen LogP contribution >= 0.6 is 0 Å². The predicted molar refractivity (Wildman–Crippen MR) is 84.1 cm³/mol. The van der Waals surface area contributed by atoms with E-state index < -0.39 is 0 Å². The number of hydrogen-bond acceptors (Lipinski definition) is 2. The molecule has 0 bridgehead atoms. The summed E-state index contributed by atoms with van der Waals surface area (Å²) < 4.78 is 0. The topological polar surface area (TPSA) is 52.6 Å². The van der Waals surface area contributed by atoms with Crippen LogP contribution in [0, 0.1) is 0 Å². The highest BCUT2D eigenvalue weighted by Crippen LogP contribution is 2.26. The number of phenols is 1. The molecule has 1 aromatic carbocycles. The van der Waals surface area contributed by atoms with Crippen LogP contribution in [-0.4, -0.2) is 28.6 Å². The number of benzene rings is 1. The van der Waals surface area contributed by atoms with Crippen molar-refractivity contribution in [3.05, 3.63) is 42.5 Å². The molecule has 1 aromatic rings. The lowest BCUT2D eigenvalue weighted by Gasteiger charge is -2.34. The molecule has 0 aromatic heterocycles. The second-order valence-corrected chi connectivity index (χ2v) is 5.52. The van der Waals surface area contributed by atoms with Crippen molar-refractivity contribution >= 4 is 6.03 Å². The summed E-state index contributed by atoms with van der Waals surface area (Å²) in [6, 6.07) is 7.38. The number of para-hydroxylation sites is 1. The molecule has 4 nitrogen and oxygen atoms in total. The minimum atomic E-state index is -0.0787. The van der Waals surface area contributed by atoms with E-state index in [-0.39, 0.29) is 17.8 Å². The minimum Gasteiger partial charge on any atom is -0.508 e. The van der Waals surface area contributed by atoms with Crippen molar-refractivity contribution in [1.29, 1.82) is 0 Å². The van der Waals surface area contributed by atoms with Gasteiger partial charge in [0.2, 0.25) is 0 Å². The average molecular weight is 288 g/mol. The molecule has 21 heavy (non-hydrogen) atoms. The maximum Gasteiger partial charge on any atom is 0.318 e. The second-order valence-electron chi connectivity index (χ2n) is 5.52. The molecule has 0 saturated heterocycles. The van der Waals surface area contributed by atoms with E-state index in [9.17, 15) is 9.90 Å². The number of rotatable bonds is 5. The highest BCUT2D eigenvalue weighted by atomic mass is 16.3. The molecule has 0 atom stereocenters. The molecular weight excluding hydrogens is 264 g/mol. The molecule has 2 N–H and O–H groups in total. The van der Waals surface area contributed by atoms with Crippen LogP contribution in [0.4, 0.5) is 4.79 Å². The molecule has 2 rings (SSSR count). The number of hydrogen-bond donors (Lipinski definition) is 2. The van der Waals surface area contributed by atoms with Crippen molar-refractivity contribution in [1.82, 2.24) is 10.2 Å². The van der Waals surface area contributed by atoms with Crippen molar-refractivity contribution in [3.8, 4) is 5.75 Å². The van der Waals surface area contributed by atoms with Crippen molar-refractivity contribution in [2.45, 2.75) is 44.7 Å². The fraction of sp³-hybridized carbons (Fsp3) is 0.471. The van der Waals surface area contributed by atoms with Gasteiger partial charge in [0.1, 0.15) is 5.75 Å². The Morgan fingerprint density at radius 3 is 2.71 bits per heavy atom. The molecule has 1 fully saturated rings. The summed E-state index contributed by atoms with van der Waals surface area (Å²) in [6.45, 7) is 4.54. The monoisotopic (exact) mass is 288 g/mol. The summed E-state index contributed by atoms with van der Waals surface area (Å²) in [5.41, 5.74) is 0.789. The highest BCUT2D eigenvalue weighted by Gasteiger charge is 2.25. The van der Waals surface area contributed by atoms with Gasteiger partial charge in [-0.25, -0.2) is 4.79 Å². The van der Waals surface area contributed by atoms with Crippen LogP contribution in [-0.2, 0) is 6.54 Å². The normalized spacial score (nSPS) is 15.4. The van der Waals surface area contributed by atoms with E-state index in [1.54, 1.807) is 18.2 Å². The number of urea groups is 1. The quantitative estimate of drug-likeness (QED) is 0.816. The lowest BCUT2D eigenvalue weighted by atomic mass is 9.94. The molecule has 114 valence electrons. The van der Waals surface area contributed by atoms with Gasteiger partial charge in [-0.05, 0) is 18.9 Å². The number of carbonyl (C=O) groups is 1. The maximum atomic E-state index is 12.4. The predicted octanol–water partition coefficient (Wildman–Crippen LogP) is 3.42. The standard InChI is InChI=1S/C17H24N2O2/c1-2-12-18-17(21)19(15-9-4-3-5-10-15)13-14-8-6-7-11-16(14)20/h2,6-8,11,15,20H,1,3-5,9-10,12-13H2,(H,18,21). The Labute approximate surface area is 126 Å². The van der Waals surface area contributed by atoms with Gasteiger partial charge in [-0.2, -0.15) is 0 Å². The summed E-state index contributed by atoms with van der Waals surface area (Å²) in [4.78, 5) is 14.3. The average Bonchev–Trinajstić information content (AvgIpc) is 2.52. The number of aromatic hydroxyl groups is 1. The van der Waals surface area contributed by atoms with Crippen LogP contribution in [0.15, 0.2) is 36.9 Å². The summed E-state index contributed by atoms with van der Waals surface area (Å²) in [6.07, 6.45) is 7.32. The minimum absolute atomic E-state index is 0.0787. The van der Waals surface area contributed by atoms with Crippen molar-refractivity contribution in [2.75, 3.05) is 6.54 Å². The van der Waals surface area contributed by atoms with Crippen LogP contribution < -0.4 is 5.32 Å². The van der Waals surface area contributed by atoms with Gasteiger partial charge in [0.25, 0.3) is 0 Å². The lowest BCUT2D eigenvalue weighted by Crippen LogP contribution is -2.46. The van der Waals surface area contributed by atoms with Crippen LogP contribution in [0.1, 0.15) is 37.7 Å². The summed E-state index contributed by atoms with van der Waals surface area (Å²) in [5.74, 6) is 0.245. The van der Waals surface area contributed by atoms with Crippen LogP contribution in [0.25, 0.3) is 0 Å². The Balaban J connectivity index is 2.12. The molecule has 0 radical (unpaired) electrons. The molecule has 0 aliphatic heterocycles. The van der Waals surface area contributed by atoms with Gasteiger partial charge >= 0.3 is 6.03 Å². The first-order valence-corrected chi connectivity index (χ1v) is 7.64. The van der Waals surface area contributed by atoms with E-state index in [4.69, 9.17) is 0 Å². The summed E-state index contributed by atoms with van der Waals surface area (Å²) >= 11 is 0. The third kappa shape index (κ3) is 4.25. The van der Waals surface area contributed by atoms with Crippen molar-refractivity contribution in [3.63, 3.8) is 0 Å². The first-order valence-electron chi connectivity index (χ1n) is 7.64. The Morgan fingerprint density at radius 2 is 2.05 bits per heavy atom. The SMILES string of the molecule is C=CCNC(=O)N(Cc1ccccc1O)C1CCCCC1. The smallest absolute Gasteiger partial charge is 0.318 e. The van der Waals surface area contributed by atoms with E-state index in [0.29, 0.717) is 13.1 Å². The molecule has 0 heterocycles. The van der Waals surface area contributed by atoms with Gasteiger partial charge < -0.3 is 15.3 Å². The number of amides is 2. The van der Waals surface area contributed by atoms with Gasteiger partial charge in [0.15, 0.2) is 0 Å². The number of nitrogens with zero attached hydrogens (tertiary/aromatic N) is 1. The summed E-state index contributed by atoms with van der Waals surface area (Å²) in [5, 5.41) is 12.8. The zero-order chi connectivity index (χ0) is 15.1. The van der Waals surface area contributed by atoms with E-state index in [1.807, 2.05) is 17.0 Å². The first-order chi connectivity index (χ1) is 10.2. The van der Waals surface area contributed by atoms with Gasteiger partial charge in [0.05, 0.1) is 6.54 Å². The molecule has 1 saturated carbocycles. The van der Waals surface area contributed by atoms with Crippen LogP contribution in [0.2, 0.25) is 0 Å². The number of carbonyl (C=O) groups excluding carboxylic acids is 1. The zero-order valence-electron chi connectivity index (χ0n) is 12.4. The second kappa shape index (κ2) is 7.72. The molecular formula is C17H24N2O2. The van der Waals surface area contributed by atoms with Crippen molar-refractivity contribution < 1.29 is 9.90 Å². The Bertz CT molecular complexity index is 481. The first kappa shape index (κ1) is 15.4. The van der Waals surface area contributed by atoms with Gasteiger partial charge in [-0.15, -0.1) is 6.58 Å². The van der Waals surface area contributed by atoms with Crippen molar-refractivity contribution in [2.24, 2.45) is 0 Å². The van der Waals surface area contributed by atoms with E-state index in [0.717, 1.165) is 31.2 Å². The molecule has 0 unspecified atom stereocenters. The van der Waals surface area contributed by atoms with Gasteiger partial charge in [-0.3, -0.25) is 0 Å². The largest absolute Gasteiger partial charge is 0.508 e. The third-order valence-corrected chi connectivity index (χ3v) is 4.01. The van der Waals surface area contributed by atoms with Gasteiger partial charge in [-0.1, -0.05) is 43.5 Å². The Morgan fingerprint density at radius 1 is 1.33 bits per heavy atom. The van der Waals surface area contributed by atoms with E-state index >= 15 is 0 Å². The third-order valence-electron chi connectivity index (χ3n) is 4.01. The van der Waals surface area contributed by atoms with E-state index in [2.05, 4.69) is 11.9 Å². The molecule has 1 aliphatic rings. The highest BCUT2D eigenvalue weighted by molar-refractivity contribution is 5.74. The maximum absolute atomic E-state index is 12.4. The zero-order valence-corrected chi connectivity index (χ0v) is 12.4. The van der Waals surface area contributed by atoms with Gasteiger partial charge in [0, 0.05) is 18.2 Å².